The van der Waals surface area contributed by atoms with Gasteiger partial charge in [0, 0.05) is 33.0 Å². The van der Waals surface area contributed by atoms with Crippen molar-refractivity contribution in [3.8, 4) is 0 Å². The number of benzene rings is 1. The molecule has 0 aliphatic rings. The van der Waals surface area contributed by atoms with Gasteiger partial charge in [-0.3, -0.25) is 10.5 Å². The molecular formula is C13H19N5. The molecule has 0 bridgehead atoms. The number of nitrogens with one attached hydrogen (secondary N) is 1. The summed E-state index contributed by atoms with van der Waals surface area (Å²) in [5.41, 5.74) is 6.16. The van der Waals surface area contributed by atoms with Gasteiger partial charge in [0.15, 0.2) is 0 Å². The molecule has 0 aliphatic heterocycles. The third-order valence-corrected chi connectivity index (χ3v) is 3.06. The van der Waals surface area contributed by atoms with Crippen molar-refractivity contribution in [2.75, 3.05) is 19.0 Å². The first-order valence-electron chi connectivity index (χ1n) is 5.85. The molecule has 96 valence electrons. The zero-order valence-corrected chi connectivity index (χ0v) is 11.0. The predicted molar refractivity (Wildman–Crippen MR) is 73.1 cm³/mol. The molecule has 2 aromatic rings. The van der Waals surface area contributed by atoms with Crippen LogP contribution in [0.3, 0.4) is 0 Å². The first kappa shape index (κ1) is 12.6. The van der Waals surface area contributed by atoms with Crippen molar-refractivity contribution >= 4 is 5.69 Å². The highest BCUT2D eigenvalue weighted by atomic mass is 15.3. The summed E-state index contributed by atoms with van der Waals surface area (Å²) in [5, 5.41) is 4.17. The van der Waals surface area contributed by atoms with Crippen molar-refractivity contribution in [2.24, 2.45) is 12.9 Å². The monoisotopic (exact) mass is 245 g/mol. The van der Waals surface area contributed by atoms with Gasteiger partial charge in [-0.25, -0.2) is 5.43 Å². The lowest BCUT2D eigenvalue weighted by Crippen LogP contribution is -2.30. The second-order valence-corrected chi connectivity index (χ2v) is 4.47. The first-order chi connectivity index (χ1) is 8.63. The van der Waals surface area contributed by atoms with Crippen LogP contribution >= 0.6 is 0 Å². The summed E-state index contributed by atoms with van der Waals surface area (Å²) in [5.74, 6) is 5.66. The van der Waals surface area contributed by atoms with Gasteiger partial charge in [-0.15, -0.1) is 0 Å². The molecule has 3 N–H and O–H groups in total. The number of rotatable bonds is 4. The Kier molecular flexibility index (Phi) is 3.64. The fourth-order valence-electron chi connectivity index (χ4n) is 1.98. The zero-order chi connectivity index (χ0) is 13.1. The smallest absolute Gasteiger partial charge is 0.0878 e. The topological polar surface area (TPSA) is 59.1 Å². The minimum atomic E-state index is -0.0475. The average Bonchev–Trinajstić information content (AvgIpc) is 2.78. The number of nitrogens with two attached hydrogens (primary N) is 1. The third kappa shape index (κ3) is 2.37. The molecule has 0 saturated heterocycles. The van der Waals surface area contributed by atoms with E-state index in [-0.39, 0.29) is 6.04 Å². The van der Waals surface area contributed by atoms with Crippen molar-refractivity contribution in [1.29, 1.82) is 0 Å². The Balaban J connectivity index is 2.31. The predicted octanol–water partition coefficient (Wildman–Crippen LogP) is 1.04. The van der Waals surface area contributed by atoms with E-state index < -0.39 is 0 Å². The van der Waals surface area contributed by atoms with Crippen LogP contribution in [0.4, 0.5) is 5.69 Å². The maximum atomic E-state index is 5.66. The van der Waals surface area contributed by atoms with Gasteiger partial charge in [-0.2, -0.15) is 5.10 Å². The van der Waals surface area contributed by atoms with E-state index in [1.165, 1.54) is 5.69 Å². The van der Waals surface area contributed by atoms with Crippen LogP contribution < -0.4 is 16.2 Å². The molecule has 1 unspecified atom stereocenters. The number of anilines is 1. The Morgan fingerprint density at radius 2 is 1.89 bits per heavy atom. The van der Waals surface area contributed by atoms with E-state index in [9.17, 15) is 0 Å². The maximum Gasteiger partial charge on any atom is 0.0878 e. The standard InChI is InChI=1S/C13H19N5/c1-17(2)11-6-4-10(5-7-11)13(16-14)12-8-9-15-18(12)3/h4-9,13,16H,14H2,1-3H3. The molecule has 1 aromatic carbocycles. The van der Waals surface area contributed by atoms with Crippen LogP contribution in [-0.2, 0) is 7.05 Å². The Labute approximate surface area is 107 Å². The lowest BCUT2D eigenvalue weighted by Gasteiger charge is -2.18. The summed E-state index contributed by atoms with van der Waals surface area (Å²) in [6.07, 6.45) is 1.77. The van der Waals surface area contributed by atoms with E-state index in [0.717, 1.165) is 11.3 Å². The van der Waals surface area contributed by atoms with Crippen molar-refractivity contribution in [3.63, 3.8) is 0 Å². The van der Waals surface area contributed by atoms with E-state index in [0.29, 0.717) is 0 Å². The van der Waals surface area contributed by atoms with E-state index in [1.807, 2.05) is 31.9 Å². The van der Waals surface area contributed by atoms with Gasteiger partial charge >= 0.3 is 0 Å². The Bertz CT molecular complexity index is 500. The molecule has 0 radical (unpaired) electrons. The number of hydrazine groups is 1. The fraction of sp³-hybridized carbons (Fsp3) is 0.308. The molecule has 1 heterocycles. The Morgan fingerprint density at radius 3 is 2.33 bits per heavy atom. The highest BCUT2D eigenvalue weighted by Gasteiger charge is 2.15. The van der Waals surface area contributed by atoms with Crippen LogP contribution in [0, 0.1) is 0 Å². The quantitative estimate of drug-likeness (QED) is 0.624. The average molecular weight is 245 g/mol. The third-order valence-electron chi connectivity index (χ3n) is 3.06. The fourth-order valence-corrected chi connectivity index (χ4v) is 1.98. The molecule has 0 saturated carbocycles. The Hall–Kier alpha value is -1.85. The summed E-state index contributed by atoms with van der Waals surface area (Å²) in [4.78, 5) is 2.07. The summed E-state index contributed by atoms with van der Waals surface area (Å²) in [7, 11) is 5.96. The minimum absolute atomic E-state index is 0.0475. The van der Waals surface area contributed by atoms with Gasteiger partial charge in [0.2, 0.25) is 0 Å². The van der Waals surface area contributed by atoms with Crippen molar-refractivity contribution in [2.45, 2.75) is 6.04 Å². The van der Waals surface area contributed by atoms with Crippen LogP contribution in [0.15, 0.2) is 36.5 Å². The van der Waals surface area contributed by atoms with Crippen molar-refractivity contribution < 1.29 is 0 Å². The molecular weight excluding hydrogens is 226 g/mol. The minimum Gasteiger partial charge on any atom is -0.378 e. The molecule has 2 rings (SSSR count). The van der Waals surface area contributed by atoms with Crippen LogP contribution in [0.5, 0.6) is 0 Å². The maximum absolute atomic E-state index is 5.66. The lowest BCUT2D eigenvalue weighted by atomic mass is 10.0. The summed E-state index contributed by atoms with van der Waals surface area (Å²) < 4.78 is 1.82. The van der Waals surface area contributed by atoms with Crippen LogP contribution in [0.25, 0.3) is 0 Å². The zero-order valence-electron chi connectivity index (χ0n) is 11.0. The van der Waals surface area contributed by atoms with Crippen LogP contribution in [0.2, 0.25) is 0 Å². The van der Waals surface area contributed by atoms with Gasteiger partial charge in [-0.05, 0) is 23.8 Å². The molecule has 5 nitrogen and oxygen atoms in total. The Morgan fingerprint density at radius 1 is 1.22 bits per heavy atom. The highest BCUT2D eigenvalue weighted by molar-refractivity contribution is 5.47. The largest absolute Gasteiger partial charge is 0.378 e. The molecule has 5 heteroatoms. The van der Waals surface area contributed by atoms with Crippen molar-refractivity contribution in [1.82, 2.24) is 15.2 Å². The molecule has 18 heavy (non-hydrogen) atoms. The number of hydrogen-bond donors (Lipinski definition) is 2. The van der Waals surface area contributed by atoms with Crippen molar-refractivity contribution in [3.05, 3.63) is 47.8 Å². The van der Waals surface area contributed by atoms with Crippen LogP contribution in [0.1, 0.15) is 17.3 Å². The van der Waals surface area contributed by atoms with Gasteiger partial charge in [0.05, 0.1) is 11.7 Å². The van der Waals surface area contributed by atoms with E-state index in [2.05, 4.69) is 39.7 Å². The normalized spacial score (nSPS) is 12.4. The lowest BCUT2D eigenvalue weighted by molar-refractivity contribution is 0.575. The van der Waals surface area contributed by atoms with Gasteiger partial charge < -0.3 is 4.90 Å². The molecule has 1 atom stereocenters. The number of aromatic nitrogens is 2. The molecule has 0 spiro atoms. The number of nitrogens with zero attached hydrogens (tertiary/aromatic N) is 3. The van der Waals surface area contributed by atoms with Gasteiger partial charge in [-0.1, -0.05) is 12.1 Å². The van der Waals surface area contributed by atoms with Gasteiger partial charge in [0.25, 0.3) is 0 Å². The second-order valence-electron chi connectivity index (χ2n) is 4.47. The number of hydrogen-bond acceptors (Lipinski definition) is 4. The molecule has 0 amide bonds. The van der Waals surface area contributed by atoms with Crippen LogP contribution in [-0.4, -0.2) is 23.9 Å². The van der Waals surface area contributed by atoms with E-state index in [1.54, 1.807) is 6.20 Å². The summed E-state index contributed by atoms with van der Waals surface area (Å²) in [6, 6.07) is 10.2. The van der Waals surface area contributed by atoms with Gasteiger partial charge in [0.1, 0.15) is 0 Å². The van der Waals surface area contributed by atoms with E-state index >= 15 is 0 Å². The SMILES string of the molecule is CN(C)c1ccc(C(NN)c2ccnn2C)cc1. The summed E-state index contributed by atoms with van der Waals surface area (Å²) in [6.45, 7) is 0. The molecule has 1 aromatic heterocycles. The first-order valence-corrected chi connectivity index (χ1v) is 5.85. The molecule has 0 fully saturated rings. The second kappa shape index (κ2) is 5.20. The highest BCUT2D eigenvalue weighted by Crippen LogP contribution is 2.22. The van der Waals surface area contributed by atoms with E-state index in [4.69, 9.17) is 5.84 Å². The molecule has 0 aliphatic carbocycles. The summed E-state index contributed by atoms with van der Waals surface area (Å²) >= 11 is 0. The number of aryl methyl sites for hydroxylation is 1.